The highest BCUT2D eigenvalue weighted by Gasteiger charge is 2.41. The molecule has 7 atom stereocenters. The number of hydrogen-bond donors (Lipinski definition) is 1. The monoisotopic (exact) mass is 402 g/mol. The molecule has 27 heavy (non-hydrogen) atoms. The first-order valence-corrected chi connectivity index (χ1v) is 10.8. The number of hydrogen-bond acceptors (Lipinski definition) is 7. The predicted molar refractivity (Wildman–Crippen MR) is 99.8 cm³/mol. The van der Waals surface area contributed by atoms with Gasteiger partial charge in [0.25, 0.3) is 0 Å². The van der Waals surface area contributed by atoms with Crippen molar-refractivity contribution in [2.24, 2.45) is 0 Å². The zero-order valence-corrected chi connectivity index (χ0v) is 17.2. The second kappa shape index (κ2) is 10.2. The minimum atomic E-state index is -4.35. The average molecular weight is 402 g/mol. The third kappa shape index (κ3) is 7.78. The molecule has 0 spiro atoms. The highest BCUT2D eigenvalue weighted by Crippen LogP contribution is 2.47. The lowest BCUT2D eigenvalue weighted by atomic mass is 9.96. The van der Waals surface area contributed by atoms with Crippen LogP contribution < -0.4 is 0 Å². The van der Waals surface area contributed by atoms with Gasteiger partial charge >= 0.3 is 7.82 Å². The first kappa shape index (κ1) is 23.4. The Morgan fingerprint density at radius 3 is 2.11 bits per heavy atom. The molecule has 0 saturated carbocycles. The van der Waals surface area contributed by atoms with Gasteiger partial charge in [0.05, 0.1) is 37.6 Å². The van der Waals surface area contributed by atoms with Crippen molar-refractivity contribution in [1.29, 1.82) is 0 Å². The SMILES string of the molecule is [B][C@H]1CC(OC(C)C)[C@@H](COP(=O)(O)OC2C[C@H]([B])O[C@@H]2COC(C)C)O1. The summed E-state index contributed by atoms with van der Waals surface area (Å²) in [5.41, 5.74) is 0. The lowest BCUT2D eigenvalue weighted by Crippen LogP contribution is -2.32. The summed E-state index contributed by atoms with van der Waals surface area (Å²) in [6, 6.07) is -1.09. The van der Waals surface area contributed by atoms with Gasteiger partial charge < -0.3 is 23.8 Å². The standard InChI is InChI=1S/C16H29B2O8P/c1-9(2)21-7-13-12(6-16(18)24-13)26-27(19,20)22-8-14-11(23-10(3)4)5-15(17)25-14/h9-16H,5-8H2,1-4H3,(H,19,20)/t11?,12?,13-,14-,15-,16-/m1/s1. The Balaban J connectivity index is 1.87. The zero-order valence-electron chi connectivity index (χ0n) is 16.4. The first-order valence-electron chi connectivity index (χ1n) is 9.30. The Morgan fingerprint density at radius 2 is 1.56 bits per heavy atom. The number of phosphoric ester groups is 1. The fourth-order valence-corrected chi connectivity index (χ4v) is 4.01. The Kier molecular flexibility index (Phi) is 8.84. The van der Waals surface area contributed by atoms with E-state index in [-0.39, 0.29) is 37.9 Å². The molecule has 2 aliphatic rings. The van der Waals surface area contributed by atoms with E-state index in [1.807, 2.05) is 27.7 Å². The van der Waals surface area contributed by atoms with Crippen LogP contribution in [0.2, 0.25) is 0 Å². The van der Waals surface area contributed by atoms with E-state index in [9.17, 15) is 9.46 Å². The van der Waals surface area contributed by atoms with Crippen LogP contribution >= 0.6 is 7.82 Å². The molecule has 0 aliphatic carbocycles. The van der Waals surface area contributed by atoms with Gasteiger partial charge in [0.1, 0.15) is 27.9 Å². The Hall–Kier alpha value is 0.0799. The van der Waals surface area contributed by atoms with Gasteiger partial charge in [-0.15, -0.1) is 0 Å². The highest BCUT2D eigenvalue weighted by molar-refractivity contribution is 7.47. The molecule has 152 valence electrons. The van der Waals surface area contributed by atoms with E-state index in [0.717, 1.165) is 0 Å². The Morgan fingerprint density at radius 1 is 1.00 bits per heavy atom. The zero-order chi connectivity index (χ0) is 20.2. The van der Waals surface area contributed by atoms with Crippen molar-refractivity contribution in [1.82, 2.24) is 0 Å². The van der Waals surface area contributed by atoms with Crippen LogP contribution in [0.25, 0.3) is 0 Å². The van der Waals surface area contributed by atoms with Gasteiger partial charge in [-0.3, -0.25) is 9.05 Å². The summed E-state index contributed by atoms with van der Waals surface area (Å²) in [7, 11) is 7.21. The summed E-state index contributed by atoms with van der Waals surface area (Å²) >= 11 is 0. The molecular weight excluding hydrogens is 373 g/mol. The smallest absolute Gasteiger partial charge is 0.380 e. The lowest BCUT2D eigenvalue weighted by molar-refractivity contribution is -0.0649. The van der Waals surface area contributed by atoms with Gasteiger partial charge in [-0.25, -0.2) is 4.57 Å². The van der Waals surface area contributed by atoms with Crippen LogP contribution in [0.3, 0.4) is 0 Å². The molecule has 0 amide bonds. The van der Waals surface area contributed by atoms with E-state index < -0.39 is 38.1 Å². The normalized spacial score (nSPS) is 36.6. The van der Waals surface area contributed by atoms with Crippen molar-refractivity contribution in [3.05, 3.63) is 0 Å². The Labute approximate surface area is 164 Å². The van der Waals surface area contributed by atoms with Crippen molar-refractivity contribution in [3.63, 3.8) is 0 Å². The maximum atomic E-state index is 12.4. The fourth-order valence-electron chi connectivity index (χ4n) is 3.05. The summed E-state index contributed by atoms with van der Waals surface area (Å²) in [6.07, 6.45) is -1.38. The summed E-state index contributed by atoms with van der Waals surface area (Å²) in [6.45, 7) is 7.58. The van der Waals surface area contributed by atoms with Crippen LogP contribution in [0.5, 0.6) is 0 Å². The van der Waals surface area contributed by atoms with E-state index in [1.165, 1.54) is 0 Å². The first-order chi connectivity index (χ1) is 12.6. The maximum absolute atomic E-state index is 12.4. The van der Waals surface area contributed by atoms with Crippen molar-refractivity contribution in [2.75, 3.05) is 13.2 Å². The van der Waals surface area contributed by atoms with Crippen LogP contribution in [-0.4, -0.2) is 82.4 Å². The molecule has 0 aromatic rings. The molecule has 8 nitrogen and oxygen atoms in total. The summed E-state index contributed by atoms with van der Waals surface area (Å²) in [4.78, 5) is 10.1. The molecule has 2 fully saturated rings. The molecule has 11 heteroatoms. The van der Waals surface area contributed by atoms with Gasteiger partial charge in [-0.05, 0) is 40.5 Å². The van der Waals surface area contributed by atoms with E-state index in [0.29, 0.717) is 6.42 Å². The minimum Gasteiger partial charge on any atom is -0.380 e. The molecule has 0 aromatic heterocycles. The second-order valence-electron chi connectivity index (χ2n) is 7.41. The average Bonchev–Trinajstić information content (AvgIpc) is 3.04. The molecule has 3 unspecified atom stereocenters. The van der Waals surface area contributed by atoms with E-state index in [1.54, 1.807) is 0 Å². The van der Waals surface area contributed by atoms with E-state index in [2.05, 4.69) is 0 Å². The quantitative estimate of drug-likeness (QED) is 0.432. The van der Waals surface area contributed by atoms with Crippen LogP contribution in [-0.2, 0) is 32.6 Å². The molecule has 0 aromatic carbocycles. The van der Waals surface area contributed by atoms with Crippen LogP contribution in [0, 0.1) is 0 Å². The summed E-state index contributed by atoms with van der Waals surface area (Å²) in [5, 5.41) is 0. The molecule has 0 bridgehead atoms. The second-order valence-corrected chi connectivity index (χ2v) is 8.82. The van der Waals surface area contributed by atoms with Crippen molar-refractivity contribution in [2.45, 2.75) is 89.2 Å². The van der Waals surface area contributed by atoms with Crippen LogP contribution in [0.15, 0.2) is 0 Å². The summed E-state index contributed by atoms with van der Waals surface area (Å²) in [5.74, 6) is 0. The van der Waals surface area contributed by atoms with Gasteiger partial charge in [0.15, 0.2) is 0 Å². The van der Waals surface area contributed by atoms with Crippen molar-refractivity contribution >= 4 is 23.5 Å². The van der Waals surface area contributed by atoms with E-state index >= 15 is 0 Å². The maximum Gasteiger partial charge on any atom is 0.472 e. The third-order valence-corrected chi connectivity index (χ3v) is 5.18. The van der Waals surface area contributed by atoms with Gasteiger partial charge in [-0.1, -0.05) is 0 Å². The van der Waals surface area contributed by atoms with Gasteiger partial charge in [0.2, 0.25) is 0 Å². The minimum absolute atomic E-state index is 0.00938. The molecular formula is C16H29B2O8P. The molecule has 2 saturated heterocycles. The molecule has 2 aliphatic heterocycles. The van der Waals surface area contributed by atoms with E-state index in [4.69, 9.17) is 43.7 Å². The number of phosphoric acid groups is 1. The lowest BCUT2D eigenvalue weighted by Gasteiger charge is -2.24. The number of rotatable bonds is 10. The van der Waals surface area contributed by atoms with Crippen LogP contribution in [0.1, 0.15) is 40.5 Å². The van der Waals surface area contributed by atoms with Crippen molar-refractivity contribution in [3.8, 4) is 0 Å². The molecule has 2 rings (SSSR count). The highest BCUT2D eigenvalue weighted by atomic mass is 31.2. The Bertz CT molecular complexity index is 509. The van der Waals surface area contributed by atoms with Crippen LogP contribution in [0.4, 0.5) is 0 Å². The predicted octanol–water partition coefficient (Wildman–Crippen LogP) is 1.27. The molecule has 1 N–H and O–H groups in total. The molecule has 2 heterocycles. The number of ether oxygens (including phenoxy) is 4. The van der Waals surface area contributed by atoms with Crippen molar-refractivity contribution < 1.29 is 37.5 Å². The van der Waals surface area contributed by atoms with Gasteiger partial charge in [0, 0.05) is 12.0 Å². The third-order valence-electron chi connectivity index (χ3n) is 4.17. The molecule has 4 radical (unpaired) electrons. The summed E-state index contributed by atoms with van der Waals surface area (Å²) < 4.78 is 45.1. The topological polar surface area (TPSA) is 92.7 Å². The fraction of sp³-hybridized carbons (Fsp3) is 1.00. The van der Waals surface area contributed by atoms with Gasteiger partial charge in [-0.2, -0.15) is 0 Å². The largest absolute Gasteiger partial charge is 0.472 e.